The zero-order valence-corrected chi connectivity index (χ0v) is 6.36. The van der Waals surface area contributed by atoms with E-state index in [0.717, 1.165) is 6.08 Å². The molecule has 0 heterocycles. The molecule has 0 nitrogen and oxygen atoms in total. The lowest BCUT2D eigenvalue weighted by molar-refractivity contribution is 0.589. The van der Waals surface area contributed by atoms with Crippen molar-refractivity contribution < 1.29 is 11.0 Å². The molecule has 0 aliphatic heterocycles. The molecule has 0 N–H and O–H groups in total. The summed E-state index contributed by atoms with van der Waals surface area (Å²) in [6.45, 7) is 3.65. The van der Waals surface area contributed by atoms with Gasteiger partial charge in [-0.1, -0.05) is 25.5 Å². The summed E-state index contributed by atoms with van der Waals surface area (Å²) in [7, 11) is 0. The third-order valence-electron chi connectivity index (χ3n) is 1.23. The van der Waals surface area contributed by atoms with Crippen molar-refractivity contribution in [1.82, 2.24) is 0 Å². The Labute approximate surface area is 75.6 Å². The van der Waals surface area contributed by atoms with Crippen LogP contribution in [0.5, 0.6) is 0 Å². The molecule has 0 unspecified atom stereocenters. The van der Waals surface area contributed by atoms with Crippen molar-refractivity contribution in [3.63, 3.8) is 0 Å². The third kappa shape index (κ3) is 2.55. The standard InChI is InChI=1S/C10H18/c1-9(2)8-10-6-4-3-5-7-10/h6,9H,3-5,7-8H2,1-2H3/i3D2,4D2,5D2,7D2. The third-order valence-corrected chi connectivity index (χ3v) is 1.23. The van der Waals surface area contributed by atoms with Gasteiger partial charge in [0.05, 0.1) is 0 Å². The summed E-state index contributed by atoms with van der Waals surface area (Å²) in [5.41, 5.74) is 0.00243. The van der Waals surface area contributed by atoms with Gasteiger partial charge in [0.15, 0.2) is 0 Å². The van der Waals surface area contributed by atoms with E-state index in [9.17, 15) is 0 Å². The molecule has 10 heavy (non-hydrogen) atoms. The summed E-state index contributed by atoms with van der Waals surface area (Å²) in [5, 5.41) is 0. The fourth-order valence-corrected chi connectivity index (χ4v) is 0.857. The van der Waals surface area contributed by atoms with E-state index in [1.807, 2.05) is 13.8 Å². The van der Waals surface area contributed by atoms with Crippen molar-refractivity contribution in [2.45, 2.75) is 45.8 Å². The maximum absolute atomic E-state index is 7.83. The first-order valence-electron chi connectivity index (χ1n) is 7.49. The van der Waals surface area contributed by atoms with Crippen molar-refractivity contribution in [3.8, 4) is 0 Å². The van der Waals surface area contributed by atoms with Gasteiger partial charge in [-0.3, -0.25) is 0 Å². The molecule has 0 atom stereocenters. The molecule has 0 radical (unpaired) electrons. The zero-order valence-electron chi connectivity index (χ0n) is 14.4. The van der Waals surface area contributed by atoms with Crippen LogP contribution in [0.25, 0.3) is 0 Å². The Balaban J connectivity index is 3.43. The number of hydrogen-bond acceptors (Lipinski definition) is 0. The predicted molar refractivity (Wildman–Crippen MR) is 46.0 cm³/mol. The second-order valence-corrected chi connectivity index (χ2v) is 2.79. The number of rotatable bonds is 2. The number of hydrogen-bond donors (Lipinski definition) is 0. The van der Waals surface area contributed by atoms with Gasteiger partial charge < -0.3 is 0 Å². The molecule has 1 aliphatic rings. The second-order valence-electron chi connectivity index (χ2n) is 2.79. The summed E-state index contributed by atoms with van der Waals surface area (Å²) in [5.74, 6) is 0.0434. The Bertz CT molecular complexity index is 366. The van der Waals surface area contributed by atoms with Gasteiger partial charge in [0.1, 0.15) is 0 Å². The number of allylic oxidation sites excluding steroid dienone is 2. The van der Waals surface area contributed by atoms with E-state index in [2.05, 4.69) is 0 Å². The van der Waals surface area contributed by atoms with Crippen molar-refractivity contribution in [2.75, 3.05) is 0 Å². The van der Waals surface area contributed by atoms with Gasteiger partial charge in [-0.2, -0.15) is 0 Å². The minimum atomic E-state index is -2.91. The van der Waals surface area contributed by atoms with Gasteiger partial charge in [0, 0.05) is 11.0 Å². The molecule has 0 heteroatoms. The highest BCUT2D eigenvalue weighted by Gasteiger charge is 2.04. The van der Waals surface area contributed by atoms with Gasteiger partial charge in [0.25, 0.3) is 0 Å². The molecule has 0 aromatic rings. The van der Waals surface area contributed by atoms with E-state index in [-0.39, 0.29) is 17.9 Å². The quantitative estimate of drug-likeness (QED) is 0.523. The van der Waals surface area contributed by atoms with Crippen LogP contribution in [-0.2, 0) is 0 Å². The van der Waals surface area contributed by atoms with E-state index in [0.29, 0.717) is 0 Å². The Morgan fingerprint density at radius 1 is 1.60 bits per heavy atom. The first kappa shape index (κ1) is 2.36. The minimum absolute atomic E-state index is 0.00243. The van der Waals surface area contributed by atoms with Crippen LogP contribution in [0.15, 0.2) is 11.6 Å². The average molecular weight is 146 g/mol. The molecule has 0 saturated heterocycles. The average Bonchev–Trinajstić information content (AvgIpc) is 2.13. The second kappa shape index (κ2) is 3.80. The highest BCUT2D eigenvalue weighted by atomic mass is 14.1. The minimum Gasteiger partial charge on any atom is -0.0853 e. The van der Waals surface area contributed by atoms with Crippen LogP contribution in [0.2, 0.25) is 0 Å². The topological polar surface area (TPSA) is 0 Å². The lowest BCUT2D eigenvalue weighted by Gasteiger charge is -2.13. The largest absolute Gasteiger partial charge is 0.0853 e. The molecular formula is C10H18. The summed E-state index contributed by atoms with van der Waals surface area (Å²) in [6, 6.07) is 0. The van der Waals surface area contributed by atoms with Crippen LogP contribution in [-0.4, -0.2) is 0 Å². The monoisotopic (exact) mass is 146 g/mol. The van der Waals surface area contributed by atoms with E-state index in [1.165, 1.54) is 0 Å². The maximum Gasteiger partial charge on any atom is 0.0312 e. The smallest absolute Gasteiger partial charge is 0.0312 e. The lowest BCUT2D eigenvalue weighted by atomic mass is 9.93. The van der Waals surface area contributed by atoms with Crippen molar-refractivity contribution in [2.24, 2.45) is 5.92 Å². The van der Waals surface area contributed by atoms with E-state index in [4.69, 9.17) is 11.0 Å². The van der Waals surface area contributed by atoms with Crippen LogP contribution >= 0.6 is 0 Å². The van der Waals surface area contributed by atoms with Crippen molar-refractivity contribution in [3.05, 3.63) is 11.6 Å². The van der Waals surface area contributed by atoms with E-state index >= 15 is 0 Å². The molecule has 0 fully saturated rings. The Kier molecular flexibility index (Phi) is 0.898. The van der Waals surface area contributed by atoms with Crippen LogP contribution in [0.4, 0.5) is 0 Å². The molecule has 0 saturated carbocycles. The van der Waals surface area contributed by atoms with Crippen molar-refractivity contribution >= 4 is 0 Å². The SMILES string of the molecule is [2H]C1([2H])C=C(CC(C)C)C([2H])([2H])C([2H])([2H])C1([2H])[2H]. The summed E-state index contributed by atoms with van der Waals surface area (Å²) < 4.78 is 61.5. The summed E-state index contributed by atoms with van der Waals surface area (Å²) in [6.07, 6.45) is -9.72. The molecular weight excluding hydrogens is 120 g/mol. The Hall–Kier alpha value is -0.260. The molecule has 0 amide bonds. The lowest BCUT2D eigenvalue weighted by Crippen LogP contribution is -1.96. The molecule has 1 aliphatic carbocycles. The van der Waals surface area contributed by atoms with Crippen LogP contribution in [0.1, 0.15) is 56.7 Å². The van der Waals surface area contributed by atoms with Crippen LogP contribution in [0.3, 0.4) is 0 Å². The first-order chi connectivity index (χ1) is 7.77. The van der Waals surface area contributed by atoms with E-state index in [1.54, 1.807) is 0 Å². The van der Waals surface area contributed by atoms with Gasteiger partial charge in [-0.05, 0) is 37.8 Å². The van der Waals surface area contributed by atoms with Crippen LogP contribution in [0, 0.1) is 5.92 Å². The molecule has 0 spiro atoms. The highest BCUT2D eigenvalue weighted by Crippen LogP contribution is 2.22. The molecule has 1 rings (SSSR count). The zero-order chi connectivity index (χ0) is 14.6. The van der Waals surface area contributed by atoms with Crippen molar-refractivity contribution in [1.29, 1.82) is 0 Å². The van der Waals surface area contributed by atoms with Gasteiger partial charge in [0.2, 0.25) is 0 Å². The highest BCUT2D eigenvalue weighted by molar-refractivity contribution is 5.05. The Morgan fingerprint density at radius 2 is 2.40 bits per heavy atom. The fourth-order valence-electron chi connectivity index (χ4n) is 0.857. The maximum atomic E-state index is 7.83. The molecule has 0 aromatic carbocycles. The molecule has 58 valence electrons. The Morgan fingerprint density at radius 3 is 3.10 bits per heavy atom. The predicted octanol–water partition coefficient (Wildman–Crippen LogP) is 3.53. The first-order valence-corrected chi connectivity index (χ1v) is 3.49. The summed E-state index contributed by atoms with van der Waals surface area (Å²) >= 11 is 0. The normalized spacial score (nSPS) is 51.3. The molecule has 0 bridgehead atoms. The summed E-state index contributed by atoms with van der Waals surface area (Å²) in [4.78, 5) is 0. The molecule has 0 aromatic heterocycles. The van der Waals surface area contributed by atoms with Gasteiger partial charge in [-0.25, -0.2) is 0 Å². The van der Waals surface area contributed by atoms with E-state index < -0.39 is 25.5 Å². The fraction of sp³-hybridized carbons (Fsp3) is 0.800. The van der Waals surface area contributed by atoms with Crippen LogP contribution < -0.4 is 0 Å². The van der Waals surface area contributed by atoms with Gasteiger partial charge in [-0.15, -0.1) is 0 Å². The van der Waals surface area contributed by atoms with Gasteiger partial charge >= 0.3 is 0 Å².